The fourth-order valence-corrected chi connectivity index (χ4v) is 3.37. The fourth-order valence-electron chi connectivity index (χ4n) is 3.37. The van der Waals surface area contributed by atoms with Gasteiger partial charge in [-0.25, -0.2) is 0 Å². The van der Waals surface area contributed by atoms with Crippen LogP contribution in [0.3, 0.4) is 0 Å². The van der Waals surface area contributed by atoms with Gasteiger partial charge in [0, 0.05) is 19.5 Å². The van der Waals surface area contributed by atoms with Gasteiger partial charge < -0.3 is 15.0 Å². The second kappa shape index (κ2) is 9.75. The zero-order valence-electron chi connectivity index (χ0n) is 16.3. The molecule has 1 unspecified atom stereocenters. The normalized spacial score (nSPS) is 16.9. The molecule has 1 heterocycles. The maximum atomic E-state index is 13.0. The van der Waals surface area contributed by atoms with Gasteiger partial charge >= 0.3 is 6.18 Å². The van der Waals surface area contributed by atoms with E-state index >= 15 is 0 Å². The molecule has 1 aliphatic rings. The Hall–Kier alpha value is -2.87. The summed E-state index contributed by atoms with van der Waals surface area (Å²) in [5, 5.41) is 2.47. The number of nitrogens with zero attached hydrogens (tertiary/aromatic N) is 1. The van der Waals surface area contributed by atoms with E-state index in [4.69, 9.17) is 4.74 Å². The molecule has 0 aliphatic carbocycles. The molecule has 160 valence electrons. The third-order valence-electron chi connectivity index (χ3n) is 4.92. The Bertz CT molecular complexity index is 871. The second-order valence-electron chi connectivity index (χ2n) is 7.01. The number of alkyl halides is 3. The highest BCUT2D eigenvalue weighted by Gasteiger charge is 2.34. The second-order valence-corrected chi connectivity index (χ2v) is 7.01. The topological polar surface area (TPSA) is 58.6 Å². The summed E-state index contributed by atoms with van der Waals surface area (Å²) in [5.41, 5.74) is -0.389. The molecule has 8 heteroatoms. The van der Waals surface area contributed by atoms with Crippen LogP contribution in [0.1, 0.15) is 40.4 Å². The van der Waals surface area contributed by atoms with Crippen molar-refractivity contribution in [3.05, 3.63) is 71.3 Å². The number of nitrogens with one attached hydrogen (secondary N) is 1. The van der Waals surface area contributed by atoms with Gasteiger partial charge in [0.15, 0.2) is 0 Å². The van der Waals surface area contributed by atoms with E-state index in [2.05, 4.69) is 5.32 Å². The average Bonchev–Trinajstić information content (AvgIpc) is 2.76. The largest absolute Gasteiger partial charge is 0.417 e. The lowest BCUT2D eigenvalue weighted by Crippen LogP contribution is -2.42. The van der Waals surface area contributed by atoms with E-state index in [-0.39, 0.29) is 25.0 Å². The average molecular weight is 420 g/mol. The first kappa shape index (κ1) is 21.8. The number of rotatable bonds is 6. The van der Waals surface area contributed by atoms with Crippen molar-refractivity contribution in [1.29, 1.82) is 0 Å². The van der Waals surface area contributed by atoms with Crippen molar-refractivity contribution in [2.75, 3.05) is 26.2 Å². The van der Waals surface area contributed by atoms with Gasteiger partial charge in [0.25, 0.3) is 5.91 Å². The maximum absolute atomic E-state index is 13.0. The fraction of sp³-hybridized carbons (Fsp3) is 0.364. The molecule has 2 amide bonds. The van der Waals surface area contributed by atoms with Crippen molar-refractivity contribution < 1.29 is 27.5 Å². The van der Waals surface area contributed by atoms with E-state index in [9.17, 15) is 22.8 Å². The molecule has 1 fully saturated rings. The number of amides is 2. The van der Waals surface area contributed by atoms with Gasteiger partial charge in [-0.2, -0.15) is 13.2 Å². The van der Waals surface area contributed by atoms with Gasteiger partial charge in [-0.3, -0.25) is 9.59 Å². The number of halogens is 3. The molecule has 2 aromatic carbocycles. The minimum atomic E-state index is -4.60. The Labute approximate surface area is 172 Å². The zero-order valence-corrected chi connectivity index (χ0v) is 16.3. The third kappa shape index (κ3) is 5.60. The number of benzene rings is 2. The summed E-state index contributed by atoms with van der Waals surface area (Å²) in [5.74, 6) is -0.866. The minimum Gasteiger partial charge on any atom is -0.370 e. The van der Waals surface area contributed by atoms with Gasteiger partial charge in [-0.1, -0.05) is 42.5 Å². The molecular formula is C22H23F3N2O3. The Morgan fingerprint density at radius 2 is 1.77 bits per heavy atom. The first-order valence-corrected chi connectivity index (χ1v) is 9.75. The van der Waals surface area contributed by atoms with Crippen molar-refractivity contribution in [3.63, 3.8) is 0 Å². The van der Waals surface area contributed by atoms with Crippen molar-refractivity contribution >= 4 is 11.8 Å². The molecule has 1 saturated heterocycles. The van der Waals surface area contributed by atoms with E-state index in [1.807, 2.05) is 30.3 Å². The Morgan fingerprint density at radius 1 is 1.07 bits per heavy atom. The quantitative estimate of drug-likeness (QED) is 0.723. The third-order valence-corrected chi connectivity index (χ3v) is 4.92. The molecule has 0 saturated carbocycles. The van der Waals surface area contributed by atoms with E-state index in [1.54, 1.807) is 4.90 Å². The summed E-state index contributed by atoms with van der Waals surface area (Å²) in [6.07, 6.45) is -4.24. The molecule has 1 aliphatic heterocycles. The molecule has 5 nitrogen and oxygen atoms in total. The number of morpholine rings is 1. The number of hydrogen-bond acceptors (Lipinski definition) is 3. The van der Waals surface area contributed by atoms with E-state index in [0.717, 1.165) is 17.7 Å². The molecular weight excluding hydrogens is 397 g/mol. The first-order chi connectivity index (χ1) is 14.4. The molecule has 1 atom stereocenters. The maximum Gasteiger partial charge on any atom is 0.417 e. The smallest absolute Gasteiger partial charge is 0.370 e. The van der Waals surface area contributed by atoms with Crippen LogP contribution in [-0.2, 0) is 15.7 Å². The minimum absolute atomic E-state index is 0.0656. The summed E-state index contributed by atoms with van der Waals surface area (Å²) < 4.78 is 44.8. The van der Waals surface area contributed by atoms with Crippen LogP contribution in [0.5, 0.6) is 0 Å². The monoisotopic (exact) mass is 420 g/mol. The Balaban J connectivity index is 1.47. The van der Waals surface area contributed by atoms with Crippen LogP contribution in [0.2, 0.25) is 0 Å². The van der Waals surface area contributed by atoms with Gasteiger partial charge in [0.1, 0.15) is 6.10 Å². The van der Waals surface area contributed by atoms with Crippen molar-refractivity contribution in [2.45, 2.75) is 25.1 Å². The standard InChI is InChI=1S/C22H23F3N2O3/c23-22(24,25)18-10-5-4-9-17(18)21(29)26-12-6-11-20(28)27-13-14-30-19(15-27)16-7-2-1-3-8-16/h1-5,7-10,19H,6,11-15H2,(H,26,29). The highest BCUT2D eigenvalue weighted by atomic mass is 19.4. The van der Waals surface area contributed by atoms with Crippen LogP contribution in [0.15, 0.2) is 54.6 Å². The van der Waals surface area contributed by atoms with E-state index in [0.29, 0.717) is 26.1 Å². The molecule has 1 N–H and O–H groups in total. The van der Waals surface area contributed by atoms with Crippen LogP contribution in [0.4, 0.5) is 13.2 Å². The predicted molar refractivity (Wildman–Crippen MR) is 105 cm³/mol. The van der Waals surface area contributed by atoms with Gasteiger partial charge in [0.2, 0.25) is 5.91 Å². The lowest BCUT2D eigenvalue weighted by Gasteiger charge is -2.33. The van der Waals surface area contributed by atoms with Crippen molar-refractivity contribution in [1.82, 2.24) is 10.2 Å². The van der Waals surface area contributed by atoms with Gasteiger partial charge in [-0.15, -0.1) is 0 Å². The summed E-state index contributed by atoms with van der Waals surface area (Å²) in [7, 11) is 0. The predicted octanol–water partition coefficient (Wildman–Crippen LogP) is 3.82. The van der Waals surface area contributed by atoms with Crippen LogP contribution in [-0.4, -0.2) is 43.0 Å². The SMILES string of the molecule is O=C(NCCCC(=O)N1CCOC(c2ccccc2)C1)c1ccccc1C(F)(F)F. The molecule has 2 aromatic rings. The Kier molecular flexibility index (Phi) is 7.10. The van der Waals surface area contributed by atoms with Gasteiger partial charge in [0.05, 0.1) is 24.3 Å². The number of ether oxygens (including phenoxy) is 1. The lowest BCUT2D eigenvalue weighted by atomic mass is 10.1. The number of carbonyl (C=O) groups excluding carboxylic acids is 2. The molecule has 0 aromatic heterocycles. The van der Waals surface area contributed by atoms with E-state index < -0.39 is 23.2 Å². The summed E-state index contributed by atoms with van der Waals surface area (Å²) in [6.45, 7) is 1.50. The van der Waals surface area contributed by atoms with Crippen molar-refractivity contribution in [2.24, 2.45) is 0 Å². The zero-order chi connectivity index (χ0) is 21.6. The summed E-state index contributed by atoms with van der Waals surface area (Å²) in [4.78, 5) is 26.3. The number of carbonyl (C=O) groups is 2. The number of hydrogen-bond donors (Lipinski definition) is 1. The van der Waals surface area contributed by atoms with Crippen LogP contribution < -0.4 is 5.32 Å². The highest BCUT2D eigenvalue weighted by Crippen LogP contribution is 2.31. The summed E-state index contributed by atoms with van der Waals surface area (Å²) >= 11 is 0. The molecule has 0 radical (unpaired) electrons. The van der Waals surface area contributed by atoms with Crippen molar-refractivity contribution in [3.8, 4) is 0 Å². The van der Waals surface area contributed by atoms with Crippen LogP contribution in [0.25, 0.3) is 0 Å². The molecule has 3 rings (SSSR count). The molecule has 0 bridgehead atoms. The molecule has 30 heavy (non-hydrogen) atoms. The van der Waals surface area contributed by atoms with E-state index in [1.165, 1.54) is 12.1 Å². The Morgan fingerprint density at radius 3 is 2.50 bits per heavy atom. The summed E-state index contributed by atoms with van der Waals surface area (Å²) in [6, 6.07) is 14.3. The highest BCUT2D eigenvalue weighted by molar-refractivity contribution is 5.95. The lowest BCUT2D eigenvalue weighted by molar-refractivity contribution is -0.139. The van der Waals surface area contributed by atoms with Crippen LogP contribution in [0, 0.1) is 0 Å². The molecule has 0 spiro atoms. The van der Waals surface area contributed by atoms with Crippen LogP contribution >= 0.6 is 0 Å². The van der Waals surface area contributed by atoms with Gasteiger partial charge in [-0.05, 0) is 24.1 Å². The first-order valence-electron chi connectivity index (χ1n) is 9.75.